The van der Waals surface area contributed by atoms with E-state index in [4.69, 9.17) is 0 Å². The first-order valence-corrected chi connectivity index (χ1v) is 5.87. The molecule has 1 N–H and O–H groups in total. The van der Waals surface area contributed by atoms with Crippen LogP contribution in [-0.2, 0) is 16.0 Å². The van der Waals surface area contributed by atoms with Crippen LogP contribution < -0.4 is 5.32 Å². The van der Waals surface area contributed by atoms with E-state index >= 15 is 0 Å². The number of carbonyl (C=O) groups is 2. The number of hydrogen-bond acceptors (Lipinski definition) is 2. The Morgan fingerprint density at radius 2 is 1.82 bits per heavy atom. The van der Waals surface area contributed by atoms with Gasteiger partial charge in [0.1, 0.15) is 0 Å². The van der Waals surface area contributed by atoms with Gasteiger partial charge in [0.05, 0.1) is 5.57 Å². The van der Waals surface area contributed by atoms with Gasteiger partial charge in [0.15, 0.2) is 0 Å². The highest BCUT2D eigenvalue weighted by atomic mass is 16.2. The number of amides is 2. The van der Waals surface area contributed by atoms with Gasteiger partial charge < -0.3 is 0 Å². The van der Waals surface area contributed by atoms with Crippen molar-refractivity contribution in [3.63, 3.8) is 0 Å². The minimum atomic E-state index is -0.333. The van der Waals surface area contributed by atoms with E-state index in [1.807, 2.05) is 24.3 Å². The molecule has 88 valence electrons. The standard InChI is InChI=1S/C14H15NO2/c1-2-3-4-10-5-7-11(8-6-10)12-9-13(16)15-14(12)17/h5-9H,2-4H2,1H3,(H,15,16,17). The van der Waals surface area contributed by atoms with Gasteiger partial charge in [-0.25, -0.2) is 0 Å². The van der Waals surface area contributed by atoms with Gasteiger partial charge >= 0.3 is 0 Å². The molecule has 2 amide bonds. The zero-order valence-electron chi connectivity index (χ0n) is 9.82. The van der Waals surface area contributed by atoms with Crippen LogP contribution in [0.3, 0.4) is 0 Å². The maximum Gasteiger partial charge on any atom is 0.258 e. The van der Waals surface area contributed by atoms with Crippen molar-refractivity contribution in [2.75, 3.05) is 0 Å². The molecular formula is C14H15NO2. The van der Waals surface area contributed by atoms with Gasteiger partial charge in [0.2, 0.25) is 0 Å². The summed E-state index contributed by atoms with van der Waals surface area (Å²) in [5, 5.41) is 2.24. The summed E-state index contributed by atoms with van der Waals surface area (Å²) in [7, 11) is 0. The fraction of sp³-hybridized carbons (Fsp3) is 0.286. The number of nitrogens with one attached hydrogen (secondary N) is 1. The van der Waals surface area contributed by atoms with Crippen LogP contribution in [0.15, 0.2) is 30.3 Å². The molecule has 0 atom stereocenters. The lowest BCUT2D eigenvalue weighted by molar-refractivity contribution is -0.123. The van der Waals surface area contributed by atoms with E-state index in [0.717, 1.165) is 12.0 Å². The number of imide groups is 1. The first-order chi connectivity index (χ1) is 8.20. The zero-order valence-corrected chi connectivity index (χ0v) is 9.82. The third-order valence-corrected chi connectivity index (χ3v) is 2.84. The van der Waals surface area contributed by atoms with Crippen molar-refractivity contribution < 1.29 is 9.59 Å². The Bertz CT molecular complexity index is 472. The highest BCUT2D eigenvalue weighted by Gasteiger charge is 2.21. The van der Waals surface area contributed by atoms with E-state index in [9.17, 15) is 9.59 Å². The van der Waals surface area contributed by atoms with Gasteiger partial charge in [-0.1, -0.05) is 37.6 Å². The fourth-order valence-corrected chi connectivity index (χ4v) is 1.86. The molecule has 0 saturated carbocycles. The monoisotopic (exact) mass is 229 g/mol. The minimum Gasteiger partial charge on any atom is -0.289 e. The topological polar surface area (TPSA) is 46.2 Å². The average Bonchev–Trinajstić information content (AvgIpc) is 2.66. The molecule has 1 aromatic rings. The number of unbranched alkanes of at least 4 members (excludes halogenated alkanes) is 1. The maximum atomic E-state index is 11.4. The van der Waals surface area contributed by atoms with Crippen molar-refractivity contribution in [1.29, 1.82) is 0 Å². The Labute approximate surface area is 101 Å². The van der Waals surface area contributed by atoms with E-state index in [1.165, 1.54) is 24.5 Å². The van der Waals surface area contributed by atoms with E-state index < -0.39 is 0 Å². The summed E-state index contributed by atoms with van der Waals surface area (Å²) >= 11 is 0. The number of aryl methyl sites for hydroxylation is 1. The number of hydrogen-bond donors (Lipinski definition) is 1. The number of carbonyl (C=O) groups excluding carboxylic acids is 2. The van der Waals surface area contributed by atoms with Gasteiger partial charge in [0.25, 0.3) is 11.8 Å². The molecule has 0 unspecified atom stereocenters. The Morgan fingerprint density at radius 1 is 1.12 bits per heavy atom. The van der Waals surface area contributed by atoms with Crippen LogP contribution in [0.5, 0.6) is 0 Å². The van der Waals surface area contributed by atoms with E-state index in [-0.39, 0.29) is 11.8 Å². The second kappa shape index (κ2) is 4.95. The SMILES string of the molecule is CCCCc1ccc(C2=CC(=O)NC2=O)cc1. The Hall–Kier alpha value is -1.90. The summed E-state index contributed by atoms with van der Waals surface area (Å²) in [5.74, 6) is -0.642. The molecule has 0 bridgehead atoms. The van der Waals surface area contributed by atoms with Crippen LogP contribution in [0.2, 0.25) is 0 Å². The number of benzene rings is 1. The summed E-state index contributed by atoms with van der Waals surface area (Å²) in [6.07, 6.45) is 4.75. The van der Waals surface area contributed by atoms with Gasteiger partial charge in [-0.3, -0.25) is 14.9 Å². The molecule has 3 heteroatoms. The molecule has 0 fully saturated rings. The molecule has 1 aromatic carbocycles. The molecule has 0 aliphatic carbocycles. The molecule has 0 aromatic heterocycles. The normalized spacial score (nSPS) is 14.8. The van der Waals surface area contributed by atoms with Crippen molar-refractivity contribution in [2.24, 2.45) is 0 Å². The molecule has 3 nitrogen and oxygen atoms in total. The molecule has 0 spiro atoms. The highest BCUT2D eigenvalue weighted by Crippen LogP contribution is 2.19. The predicted molar refractivity (Wildman–Crippen MR) is 66.2 cm³/mol. The molecule has 0 saturated heterocycles. The molecule has 1 aliphatic rings. The molecule has 2 rings (SSSR count). The van der Waals surface area contributed by atoms with Crippen LogP contribution in [0.1, 0.15) is 30.9 Å². The summed E-state index contributed by atoms with van der Waals surface area (Å²) in [5.41, 5.74) is 2.52. The summed E-state index contributed by atoms with van der Waals surface area (Å²) in [4.78, 5) is 22.5. The maximum absolute atomic E-state index is 11.4. The zero-order chi connectivity index (χ0) is 12.3. The lowest BCUT2D eigenvalue weighted by Crippen LogP contribution is -2.21. The van der Waals surface area contributed by atoms with Crippen molar-refractivity contribution in [1.82, 2.24) is 5.32 Å². The minimum absolute atomic E-state index is 0.309. The van der Waals surface area contributed by atoms with Crippen LogP contribution in [0.25, 0.3) is 5.57 Å². The summed E-state index contributed by atoms with van der Waals surface area (Å²) in [6, 6.07) is 7.83. The molecule has 1 aliphatic heterocycles. The second-order valence-electron chi connectivity index (χ2n) is 4.18. The molecule has 0 radical (unpaired) electrons. The average molecular weight is 229 g/mol. The van der Waals surface area contributed by atoms with Gasteiger partial charge in [0, 0.05) is 6.08 Å². The third kappa shape index (κ3) is 2.61. The van der Waals surface area contributed by atoms with E-state index in [0.29, 0.717) is 5.57 Å². The van der Waals surface area contributed by atoms with Gasteiger partial charge in [-0.15, -0.1) is 0 Å². The van der Waals surface area contributed by atoms with Crippen LogP contribution in [-0.4, -0.2) is 11.8 Å². The predicted octanol–water partition coefficient (Wildman–Crippen LogP) is 2.07. The van der Waals surface area contributed by atoms with Crippen molar-refractivity contribution in [3.8, 4) is 0 Å². The lowest BCUT2D eigenvalue weighted by Gasteiger charge is -2.03. The van der Waals surface area contributed by atoms with Crippen LogP contribution in [0.4, 0.5) is 0 Å². The van der Waals surface area contributed by atoms with Crippen molar-refractivity contribution in [2.45, 2.75) is 26.2 Å². The Morgan fingerprint density at radius 3 is 2.35 bits per heavy atom. The third-order valence-electron chi connectivity index (χ3n) is 2.84. The molecule has 1 heterocycles. The molecular weight excluding hydrogens is 214 g/mol. The van der Waals surface area contributed by atoms with Crippen molar-refractivity contribution >= 4 is 17.4 Å². The number of rotatable bonds is 4. The summed E-state index contributed by atoms with van der Waals surface area (Å²) < 4.78 is 0. The van der Waals surface area contributed by atoms with Gasteiger partial charge in [-0.05, 0) is 24.0 Å². The van der Waals surface area contributed by atoms with Crippen molar-refractivity contribution in [3.05, 3.63) is 41.5 Å². The largest absolute Gasteiger partial charge is 0.289 e. The van der Waals surface area contributed by atoms with E-state index in [1.54, 1.807) is 0 Å². The smallest absolute Gasteiger partial charge is 0.258 e. The quantitative estimate of drug-likeness (QED) is 0.803. The molecule has 17 heavy (non-hydrogen) atoms. The summed E-state index contributed by atoms with van der Waals surface area (Å²) in [6.45, 7) is 2.16. The second-order valence-corrected chi connectivity index (χ2v) is 4.18. The lowest BCUT2D eigenvalue weighted by atomic mass is 10.0. The van der Waals surface area contributed by atoms with Gasteiger partial charge in [-0.2, -0.15) is 0 Å². The Balaban J connectivity index is 2.15. The fourth-order valence-electron chi connectivity index (χ4n) is 1.86. The first-order valence-electron chi connectivity index (χ1n) is 5.87. The highest BCUT2D eigenvalue weighted by molar-refractivity contribution is 6.33. The van der Waals surface area contributed by atoms with Crippen LogP contribution >= 0.6 is 0 Å². The Kier molecular flexibility index (Phi) is 3.38. The van der Waals surface area contributed by atoms with E-state index in [2.05, 4.69) is 12.2 Å². The van der Waals surface area contributed by atoms with Crippen LogP contribution in [0, 0.1) is 0 Å². The first kappa shape index (κ1) is 11.6.